The predicted octanol–water partition coefficient (Wildman–Crippen LogP) is 6.20. The van der Waals surface area contributed by atoms with Crippen LogP contribution >= 0.6 is 0 Å². The average molecular weight is 301 g/mol. The number of benzene rings is 3. The van der Waals surface area contributed by atoms with E-state index in [1.54, 1.807) is 0 Å². The third kappa shape index (κ3) is 3.29. The van der Waals surface area contributed by atoms with Crippen molar-refractivity contribution >= 4 is 11.4 Å². The lowest BCUT2D eigenvalue weighted by Crippen LogP contribution is -2.22. The molecule has 1 unspecified atom stereocenters. The number of aryl methyl sites for hydroxylation is 2. The van der Waals surface area contributed by atoms with Gasteiger partial charge in [0.1, 0.15) is 0 Å². The van der Waals surface area contributed by atoms with Gasteiger partial charge in [-0.2, -0.15) is 0 Å². The fourth-order valence-electron chi connectivity index (χ4n) is 3.12. The van der Waals surface area contributed by atoms with Crippen LogP contribution in [0.1, 0.15) is 29.7 Å². The Kier molecular flexibility index (Phi) is 4.47. The molecule has 3 aromatic rings. The van der Waals surface area contributed by atoms with Gasteiger partial charge in [-0.15, -0.1) is 0 Å². The van der Waals surface area contributed by atoms with Crippen molar-refractivity contribution in [3.8, 4) is 0 Å². The zero-order chi connectivity index (χ0) is 16.2. The zero-order valence-electron chi connectivity index (χ0n) is 14.0. The first-order chi connectivity index (χ1) is 11.2. The van der Waals surface area contributed by atoms with E-state index in [9.17, 15) is 0 Å². The molecule has 0 bridgehead atoms. The van der Waals surface area contributed by atoms with Gasteiger partial charge in [-0.25, -0.2) is 0 Å². The van der Waals surface area contributed by atoms with Gasteiger partial charge in [-0.3, -0.25) is 0 Å². The molecule has 0 heterocycles. The smallest absolute Gasteiger partial charge is 0.0563 e. The second kappa shape index (κ2) is 6.70. The van der Waals surface area contributed by atoms with E-state index in [-0.39, 0.29) is 6.04 Å². The molecule has 0 fully saturated rings. The summed E-state index contributed by atoms with van der Waals surface area (Å²) in [5.41, 5.74) is 6.40. The topological polar surface area (TPSA) is 3.24 Å². The van der Waals surface area contributed by atoms with E-state index >= 15 is 0 Å². The Morgan fingerprint density at radius 1 is 0.739 bits per heavy atom. The molecule has 0 amide bonds. The molecular formula is C22H23N. The maximum atomic E-state index is 2.42. The Morgan fingerprint density at radius 2 is 1.35 bits per heavy atom. The van der Waals surface area contributed by atoms with Crippen molar-refractivity contribution in [3.63, 3.8) is 0 Å². The molecule has 0 saturated heterocycles. The molecule has 3 aromatic carbocycles. The van der Waals surface area contributed by atoms with Crippen molar-refractivity contribution in [1.29, 1.82) is 0 Å². The van der Waals surface area contributed by atoms with Crippen LogP contribution in [0.4, 0.5) is 11.4 Å². The van der Waals surface area contributed by atoms with Crippen molar-refractivity contribution < 1.29 is 0 Å². The van der Waals surface area contributed by atoms with Crippen LogP contribution in [0, 0.1) is 13.8 Å². The van der Waals surface area contributed by atoms with E-state index in [2.05, 4.69) is 105 Å². The molecule has 23 heavy (non-hydrogen) atoms. The monoisotopic (exact) mass is 301 g/mol. The van der Waals surface area contributed by atoms with Gasteiger partial charge < -0.3 is 4.90 Å². The van der Waals surface area contributed by atoms with Crippen LogP contribution in [0.25, 0.3) is 0 Å². The van der Waals surface area contributed by atoms with E-state index in [4.69, 9.17) is 0 Å². The summed E-state index contributed by atoms with van der Waals surface area (Å²) in [4.78, 5) is 2.42. The third-order valence-corrected chi connectivity index (χ3v) is 4.32. The first-order valence-electron chi connectivity index (χ1n) is 8.13. The van der Waals surface area contributed by atoms with Crippen LogP contribution in [0.5, 0.6) is 0 Å². The summed E-state index contributed by atoms with van der Waals surface area (Å²) in [5, 5.41) is 0. The Morgan fingerprint density at radius 3 is 1.96 bits per heavy atom. The van der Waals surface area contributed by atoms with Gasteiger partial charge in [-0.1, -0.05) is 66.2 Å². The lowest BCUT2D eigenvalue weighted by Gasteiger charge is -2.33. The van der Waals surface area contributed by atoms with E-state index < -0.39 is 0 Å². The summed E-state index contributed by atoms with van der Waals surface area (Å²) in [5.74, 6) is 0. The van der Waals surface area contributed by atoms with Crippen LogP contribution in [0.15, 0.2) is 78.9 Å². The Hall–Kier alpha value is -2.54. The second-order valence-corrected chi connectivity index (χ2v) is 6.08. The molecule has 0 aliphatic carbocycles. The summed E-state index contributed by atoms with van der Waals surface area (Å²) >= 11 is 0. The van der Waals surface area contributed by atoms with Crippen LogP contribution in [0.2, 0.25) is 0 Å². The quantitative estimate of drug-likeness (QED) is 0.554. The number of rotatable bonds is 4. The van der Waals surface area contributed by atoms with Gasteiger partial charge in [-0.05, 0) is 50.1 Å². The fourth-order valence-corrected chi connectivity index (χ4v) is 3.12. The highest BCUT2D eigenvalue weighted by atomic mass is 15.2. The fraction of sp³-hybridized carbons (Fsp3) is 0.182. The minimum absolute atomic E-state index is 0.264. The largest absolute Gasteiger partial charge is 0.334 e. The van der Waals surface area contributed by atoms with Gasteiger partial charge in [0.05, 0.1) is 6.04 Å². The molecule has 0 aliphatic heterocycles. The maximum Gasteiger partial charge on any atom is 0.0563 e. The van der Waals surface area contributed by atoms with Crippen molar-refractivity contribution in [3.05, 3.63) is 95.6 Å². The van der Waals surface area contributed by atoms with Gasteiger partial charge in [0.25, 0.3) is 0 Å². The second-order valence-electron chi connectivity index (χ2n) is 6.08. The van der Waals surface area contributed by atoms with E-state index in [1.165, 1.54) is 28.1 Å². The number of nitrogens with zero attached hydrogens (tertiary/aromatic N) is 1. The normalized spacial score (nSPS) is 12.0. The minimum atomic E-state index is 0.264. The molecule has 0 aliphatic rings. The Balaban J connectivity index is 2.11. The molecule has 0 spiro atoms. The molecule has 1 atom stereocenters. The van der Waals surface area contributed by atoms with Gasteiger partial charge in [0, 0.05) is 11.4 Å². The minimum Gasteiger partial charge on any atom is -0.334 e. The summed E-state index contributed by atoms with van der Waals surface area (Å²) in [6.45, 7) is 6.60. The van der Waals surface area contributed by atoms with Crippen molar-refractivity contribution in [2.75, 3.05) is 4.90 Å². The van der Waals surface area contributed by atoms with Crippen molar-refractivity contribution in [1.82, 2.24) is 0 Å². The molecule has 1 nitrogen and oxygen atoms in total. The zero-order valence-corrected chi connectivity index (χ0v) is 14.0. The summed E-state index contributed by atoms with van der Waals surface area (Å²) in [6, 6.07) is 28.3. The maximum absolute atomic E-state index is 2.42. The molecule has 116 valence electrons. The predicted molar refractivity (Wildman–Crippen MR) is 99.4 cm³/mol. The first kappa shape index (κ1) is 15.4. The van der Waals surface area contributed by atoms with Gasteiger partial charge >= 0.3 is 0 Å². The molecule has 1 heteroatoms. The van der Waals surface area contributed by atoms with Crippen molar-refractivity contribution in [2.45, 2.75) is 26.8 Å². The number of hydrogen-bond acceptors (Lipinski definition) is 1. The van der Waals surface area contributed by atoms with Crippen LogP contribution < -0.4 is 4.90 Å². The van der Waals surface area contributed by atoms with Crippen LogP contribution in [-0.2, 0) is 0 Å². The summed E-state index contributed by atoms with van der Waals surface area (Å²) in [6.07, 6.45) is 0. The highest BCUT2D eigenvalue weighted by Crippen LogP contribution is 2.36. The standard InChI is InChI=1S/C22H23N/c1-17-14-15-22(18(2)16-17)23(21-12-8-5-9-13-21)19(3)20-10-6-4-7-11-20/h4-16,19H,1-3H3. The Labute approximate surface area is 139 Å². The summed E-state index contributed by atoms with van der Waals surface area (Å²) < 4.78 is 0. The van der Waals surface area contributed by atoms with Crippen molar-refractivity contribution in [2.24, 2.45) is 0 Å². The summed E-state index contributed by atoms with van der Waals surface area (Å²) in [7, 11) is 0. The molecule has 0 saturated carbocycles. The SMILES string of the molecule is Cc1ccc(N(c2ccccc2)C(C)c2ccccc2)c(C)c1. The number of para-hydroxylation sites is 1. The lowest BCUT2D eigenvalue weighted by atomic mass is 10.0. The third-order valence-electron chi connectivity index (χ3n) is 4.32. The molecule has 0 aromatic heterocycles. The van der Waals surface area contributed by atoms with Crippen LogP contribution in [0.3, 0.4) is 0 Å². The van der Waals surface area contributed by atoms with Crippen LogP contribution in [-0.4, -0.2) is 0 Å². The lowest BCUT2D eigenvalue weighted by molar-refractivity contribution is 0.771. The van der Waals surface area contributed by atoms with E-state index in [0.717, 1.165) is 0 Å². The Bertz CT molecular complexity index is 762. The van der Waals surface area contributed by atoms with Gasteiger partial charge in [0.2, 0.25) is 0 Å². The average Bonchev–Trinajstić information content (AvgIpc) is 2.59. The molecule has 0 N–H and O–H groups in total. The number of anilines is 2. The molecule has 0 radical (unpaired) electrons. The van der Waals surface area contributed by atoms with E-state index in [0.29, 0.717) is 0 Å². The highest BCUT2D eigenvalue weighted by molar-refractivity contribution is 5.68. The molecular weight excluding hydrogens is 278 g/mol. The first-order valence-corrected chi connectivity index (χ1v) is 8.13. The van der Waals surface area contributed by atoms with Gasteiger partial charge in [0.15, 0.2) is 0 Å². The van der Waals surface area contributed by atoms with E-state index in [1.807, 2.05) is 0 Å². The highest BCUT2D eigenvalue weighted by Gasteiger charge is 2.19. The number of hydrogen-bond donors (Lipinski definition) is 0. The molecule has 3 rings (SSSR count).